The van der Waals surface area contributed by atoms with E-state index in [1.807, 2.05) is 19.9 Å². The first-order chi connectivity index (χ1) is 8.16. The van der Waals surface area contributed by atoms with Crippen molar-refractivity contribution in [1.29, 1.82) is 0 Å². The second-order valence-electron chi connectivity index (χ2n) is 4.88. The molecule has 3 heteroatoms. The van der Waals surface area contributed by atoms with Gasteiger partial charge in [0.1, 0.15) is 0 Å². The van der Waals surface area contributed by atoms with E-state index in [4.69, 9.17) is 0 Å². The Bertz CT molecular complexity index is 413. The van der Waals surface area contributed by atoms with Gasteiger partial charge < -0.3 is 10.6 Å². The second kappa shape index (κ2) is 5.32. The van der Waals surface area contributed by atoms with Crippen LogP contribution in [0.25, 0.3) is 0 Å². The fraction of sp³-hybridized carbons (Fsp3) is 0.500. The third-order valence-electron chi connectivity index (χ3n) is 3.04. The van der Waals surface area contributed by atoms with Crippen LogP contribution in [0.15, 0.2) is 18.2 Å². The van der Waals surface area contributed by atoms with E-state index in [2.05, 4.69) is 22.8 Å². The number of nitrogens with one attached hydrogen (secondary N) is 2. The maximum absolute atomic E-state index is 11.8. The van der Waals surface area contributed by atoms with E-state index in [9.17, 15) is 4.79 Å². The van der Waals surface area contributed by atoms with Gasteiger partial charge in [-0.2, -0.15) is 0 Å². The summed E-state index contributed by atoms with van der Waals surface area (Å²) in [7, 11) is 0. The first kappa shape index (κ1) is 12.1. The van der Waals surface area contributed by atoms with Crippen molar-refractivity contribution in [3.05, 3.63) is 34.9 Å². The molecule has 1 aromatic rings. The summed E-state index contributed by atoms with van der Waals surface area (Å²) in [4.78, 5) is 11.8. The minimum absolute atomic E-state index is 0.118. The topological polar surface area (TPSA) is 41.1 Å². The van der Waals surface area contributed by atoms with Crippen molar-refractivity contribution >= 4 is 5.91 Å². The molecule has 0 aromatic heterocycles. The Labute approximate surface area is 103 Å². The van der Waals surface area contributed by atoms with Crippen molar-refractivity contribution in [2.75, 3.05) is 6.54 Å². The Morgan fingerprint density at radius 1 is 1.47 bits per heavy atom. The van der Waals surface area contributed by atoms with Crippen molar-refractivity contribution < 1.29 is 4.79 Å². The van der Waals surface area contributed by atoms with Crippen LogP contribution < -0.4 is 10.6 Å². The van der Waals surface area contributed by atoms with Gasteiger partial charge in [0.05, 0.1) is 6.42 Å². The first-order valence-electron chi connectivity index (χ1n) is 6.26. The van der Waals surface area contributed by atoms with Gasteiger partial charge in [-0.05, 0) is 43.5 Å². The molecule has 0 spiro atoms. The molecule has 0 saturated heterocycles. The lowest BCUT2D eigenvalue weighted by Crippen LogP contribution is -2.32. The van der Waals surface area contributed by atoms with Crippen molar-refractivity contribution in [2.24, 2.45) is 0 Å². The minimum atomic E-state index is 0.118. The van der Waals surface area contributed by atoms with E-state index >= 15 is 0 Å². The van der Waals surface area contributed by atoms with Gasteiger partial charge in [0.2, 0.25) is 5.91 Å². The molecule has 0 bridgehead atoms. The number of carbonyl (C=O) groups is 1. The summed E-state index contributed by atoms with van der Waals surface area (Å²) in [6.45, 7) is 5.91. The molecule has 1 aromatic carbocycles. The van der Waals surface area contributed by atoms with Crippen LogP contribution in [0.3, 0.4) is 0 Å². The number of hydrogen-bond acceptors (Lipinski definition) is 2. The smallest absolute Gasteiger partial charge is 0.224 e. The zero-order valence-electron chi connectivity index (χ0n) is 10.5. The molecule has 92 valence electrons. The van der Waals surface area contributed by atoms with E-state index < -0.39 is 0 Å². The fourth-order valence-electron chi connectivity index (χ4n) is 2.32. The highest BCUT2D eigenvalue weighted by atomic mass is 16.1. The quantitative estimate of drug-likeness (QED) is 0.827. The van der Waals surface area contributed by atoms with Gasteiger partial charge in [-0.25, -0.2) is 0 Å². The SMILES string of the molecule is CC(C)NC(=O)Cc1cccc2c1CCNC2. The van der Waals surface area contributed by atoms with Crippen LogP contribution in [-0.4, -0.2) is 18.5 Å². The van der Waals surface area contributed by atoms with E-state index in [-0.39, 0.29) is 11.9 Å². The monoisotopic (exact) mass is 232 g/mol. The predicted molar refractivity (Wildman–Crippen MR) is 68.8 cm³/mol. The Morgan fingerprint density at radius 2 is 2.29 bits per heavy atom. The van der Waals surface area contributed by atoms with Crippen molar-refractivity contribution in [1.82, 2.24) is 10.6 Å². The zero-order valence-corrected chi connectivity index (χ0v) is 10.5. The summed E-state index contributed by atoms with van der Waals surface area (Å²) in [5.74, 6) is 0.118. The van der Waals surface area contributed by atoms with Crippen LogP contribution >= 0.6 is 0 Å². The van der Waals surface area contributed by atoms with Crippen molar-refractivity contribution in [3.8, 4) is 0 Å². The minimum Gasteiger partial charge on any atom is -0.354 e. The van der Waals surface area contributed by atoms with Crippen molar-refractivity contribution in [3.63, 3.8) is 0 Å². The number of rotatable bonds is 3. The van der Waals surface area contributed by atoms with Crippen LogP contribution in [0.2, 0.25) is 0 Å². The number of benzene rings is 1. The first-order valence-corrected chi connectivity index (χ1v) is 6.26. The fourth-order valence-corrected chi connectivity index (χ4v) is 2.32. The van der Waals surface area contributed by atoms with Crippen LogP contribution in [0.4, 0.5) is 0 Å². The lowest BCUT2D eigenvalue weighted by atomic mass is 9.93. The van der Waals surface area contributed by atoms with E-state index in [1.54, 1.807) is 0 Å². The highest BCUT2D eigenvalue weighted by Crippen LogP contribution is 2.19. The summed E-state index contributed by atoms with van der Waals surface area (Å²) in [5, 5.41) is 6.30. The average molecular weight is 232 g/mol. The summed E-state index contributed by atoms with van der Waals surface area (Å²) >= 11 is 0. The number of fused-ring (bicyclic) bond motifs is 1. The largest absolute Gasteiger partial charge is 0.354 e. The maximum Gasteiger partial charge on any atom is 0.224 e. The molecule has 0 unspecified atom stereocenters. The van der Waals surface area contributed by atoms with Crippen molar-refractivity contribution in [2.45, 2.75) is 39.3 Å². The lowest BCUT2D eigenvalue weighted by molar-refractivity contribution is -0.120. The average Bonchev–Trinajstić information content (AvgIpc) is 2.28. The Kier molecular flexibility index (Phi) is 3.79. The molecule has 2 rings (SSSR count). The van der Waals surface area contributed by atoms with Gasteiger partial charge in [-0.1, -0.05) is 18.2 Å². The van der Waals surface area contributed by atoms with E-state index in [1.165, 1.54) is 16.7 Å². The zero-order chi connectivity index (χ0) is 12.3. The Balaban J connectivity index is 2.13. The summed E-state index contributed by atoms with van der Waals surface area (Å²) in [6.07, 6.45) is 1.53. The number of hydrogen-bond donors (Lipinski definition) is 2. The van der Waals surface area contributed by atoms with Crippen LogP contribution in [-0.2, 0) is 24.2 Å². The number of carbonyl (C=O) groups excluding carboxylic acids is 1. The highest BCUT2D eigenvalue weighted by molar-refractivity contribution is 5.79. The molecule has 0 fully saturated rings. The summed E-state index contributed by atoms with van der Waals surface area (Å²) in [6, 6.07) is 6.47. The lowest BCUT2D eigenvalue weighted by Gasteiger charge is -2.20. The van der Waals surface area contributed by atoms with Gasteiger partial charge in [0.25, 0.3) is 0 Å². The van der Waals surface area contributed by atoms with E-state index in [0.717, 1.165) is 19.5 Å². The van der Waals surface area contributed by atoms with Gasteiger partial charge in [-0.3, -0.25) is 4.79 Å². The highest BCUT2D eigenvalue weighted by Gasteiger charge is 2.14. The third kappa shape index (κ3) is 3.07. The molecule has 1 aliphatic heterocycles. The van der Waals surface area contributed by atoms with Gasteiger partial charge in [0.15, 0.2) is 0 Å². The molecule has 0 saturated carbocycles. The van der Waals surface area contributed by atoms with Gasteiger partial charge in [0, 0.05) is 12.6 Å². The molecule has 0 radical (unpaired) electrons. The third-order valence-corrected chi connectivity index (χ3v) is 3.04. The van der Waals surface area contributed by atoms with Gasteiger partial charge in [-0.15, -0.1) is 0 Å². The summed E-state index contributed by atoms with van der Waals surface area (Å²) < 4.78 is 0. The molecule has 1 amide bonds. The maximum atomic E-state index is 11.8. The predicted octanol–water partition coefficient (Wildman–Crippen LogP) is 1.40. The Morgan fingerprint density at radius 3 is 3.06 bits per heavy atom. The van der Waals surface area contributed by atoms with Crippen LogP contribution in [0.1, 0.15) is 30.5 Å². The molecule has 2 N–H and O–H groups in total. The normalized spacial score (nSPS) is 14.5. The molecule has 0 atom stereocenters. The molecule has 0 aliphatic carbocycles. The molecular formula is C14H20N2O. The van der Waals surface area contributed by atoms with E-state index in [0.29, 0.717) is 6.42 Å². The molecule has 17 heavy (non-hydrogen) atoms. The standard InChI is InChI=1S/C14H20N2O/c1-10(2)16-14(17)8-11-4-3-5-12-9-15-7-6-13(11)12/h3-5,10,15H,6-9H2,1-2H3,(H,16,17). The Hall–Kier alpha value is -1.35. The molecule has 1 heterocycles. The molecule has 1 aliphatic rings. The van der Waals surface area contributed by atoms with Gasteiger partial charge >= 0.3 is 0 Å². The number of amides is 1. The second-order valence-corrected chi connectivity index (χ2v) is 4.88. The van der Waals surface area contributed by atoms with Crippen LogP contribution in [0, 0.1) is 0 Å². The summed E-state index contributed by atoms with van der Waals surface area (Å²) in [5.41, 5.74) is 3.89. The van der Waals surface area contributed by atoms with Crippen LogP contribution in [0.5, 0.6) is 0 Å². The molecule has 3 nitrogen and oxygen atoms in total. The molecular weight excluding hydrogens is 212 g/mol.